The minimum atomic E-state index is -1.49. The SMILES string of the molecule is NC(N)=NCCCC(NC(=O)OCc1ccccc1)C(=O)Nc1ccc2c(c1)Oc1cc(NC(=O)C(CCCN=C(N)N)NC(=O)OCc3ccccc3)ccc1C21OC(=O)c2ccccc21. The van der Waals surface area contributed by atoms with Crippen molar-refractivity contribution in [3.05, 3.63) is 155 Å². The first-order chi connectivity index (χ1) is 32.4. The number of carbonyl (C=O) groups is 5. The number of nitrogens with zero attached hydrogens (tertiary/aromatic N) is 2. The van der Waals surface area contributed by atoms with Gasteiger partial charge in [-0.3, -0.25) is 19.6 Å². The molecule has 0 fully saturated rings. The van der Waals surface area contributed by atoms with Gasteiger partial charge in [0.15, 0.2) is 17.5 Å². The summed E-state index contributed by atoms with van der Waals surface area (Å²) in [4.78, 5) is 75.2. The maximum atomic E-state index is 13.9. The highest BCUT2D eigenvalue weighted by atomic mass is 16.6. The zero-order valence-electron chi connectivity index (χ0n) is 36.2. The van der Waals surface area contributed by atoms with E-state index in [1.54, 1.807) is 84.9 Å². The van der Waals surface area contributed by atoms with Gasteiger partial charge in [-0.15, -0.1) is 0 Å². The molecule has 0 radical (unpaired) electrons. The van der Waals surface area contributed by atoms with Crippen molar-refractivity contribution in [3.8, 4) is 11.5 Å². The van der Waals surface area contributed by atoms with E-state index in [0.717, 1.165) is 11.1 Å². The van der Waals surface area contributed by atoms with Crippen molar-refractivity contribution in [2.24, 2.45) is 32.9 Å². The van der Waals surface area contributed by atoms with E-state index >= 15 is 0 Å². The molecule has 0 aromatic heterocycles. The van der Waals surface area contributed by atoms with Gasteiger partial charge in [0.25, 0.3) is 0 Å². The summed E-state index contributed by atoms with van der Waals surface area (Å²) < 4.78 is 23.6. The summed E-state index contributed by atoms with van der Waals surface area (Å²) >= 11 is 0. The molecule has 346 valence electrons. The number of ether oxygens (including phenoxy) is 4. The first kappa shape index (κ1) is 46.4. The number of nitrogens with one attached hydrogen (secondary N) is 4. The molecule has 2 aliphatic heterocycles. The van der Waals surface area contributed by atoms with Gasteiger partial charge in [-0.25, -0.2) is 14.4 Å². The molecule has 19 heteroatoms. The fourth-order valence-electron chi connectivity index (χ4n) is 7.65. The number of esters is 1. The van der Waals surface area contributed by atoms with Crippen LogP contribution in [0.4, 0.5) is 21.0 Å². The third-order valence-corrected chi connectivity index (χ3v) is 10.8. The number of anilines is 2. The summed E-state index contributed by atoms with van der Waals surface area (Å²) in [7, 11) is 0. The lowest BCUT2D eigenvalue weighted by atomic mass is 9.77. The smallest absolute Gasteiger partial charge is 0.408 e. The Morgan fingerprint density at radius 2 is 1.03 bits per heavy atom. The Labute approximate surface area is 385 Å². The third kappa shape index (κ3) is 11.6. The number of hydrogen-bond acceptors (Lipinski definition) is 11. The van der Waals surface area contributed by atoms with Crippen LogP contribution in [0.5, 0.6) is 11.5 Å². The van der Waals surface area contributed by atoms with E-state index in [9.17, 15) is 24.0 Å². The second-order valence-electron chi connectivity index (χ2n) is 15.5. The average molecular weight is 911 g/mol. The standard InChI is InChI=1S/C48H50N10O9/c49-44(50)53-23-9-17-37(57-46(62)64-27-29-11-3-1-4-12-29)41(59)55-31-19-21-35-39(25-31)66-40-26-32(20-22-36(40)48(35)34-16-8-7-15-33(34)43(61)67-48)56-42(60)38(18-10-24-54-45(51)52)58-47(63)65-28-30-13-5-2-6-14-30/h1-8,11-16,19-22,25-26,37-38H,9-10,17-18,23-24,27-28H2,(H,55,59)(H,56,60)(H,57,62)(H,58,63)(H4,49,50,53)(H4,51,52,54). The molecule has 0 saturated heterocycles. The van der Waals surface area contributed by atoms with E-state index < -0.39 is 47.7 Å². The summed E-state index contributed by atoms with van der Waals surface area (Å²) in [6.45, 7) is 0.395. The first-order valence-electron chi connectivity index (χ1n) is 21.4. The monoisotopic (exact) mass is 910 g/mol. The molecule has 67 heavy (non-hydrogen) atoms. The van der Waals surface area contributed by atoms with Gasteiger partial charge in [-0.1, -0.05) is 78.9 Å². The van der Waals surface area contributed by atoms with Crippen LogP contribution < -0.4 is 48.9 Å². The van der Waals surface area contributed by atoms with Gasteiger partial charge in [0.1, 0.15) is 36.8 Å². The summed E-state index contributed by atoms with van der Waals surface area (Å²) in [6.07, 6.45) is -0.609. The minimum absolute atomic E-state index is 0.0124. The number of aliphatic imine (C=N–C) groups is 2. The van der Waals surface area contributed by atoms with E-state index in [0.29, 0.717) is 35.1 Å². The highest BCUT2D eigenvalue weighted by molar-refractivity contribution is 5.99. The van der Waals surface area contributed by atoms with Crippen molar-refractivity contribution in [1.29, 1.82) is 0 Å². The number of guanidine groups is 2. The quantitative estimate of drug-likeness (QED) is 0.0192. The zero-order valence-corrected chi connectivity index (χ0v) is 36.2. The molecule has 0 bridgehead atoms. The predicted molar refractivity (Wildman–Crippen MR) is 249 cm³/mol. The number of hydrogen-bond donors (Lipinski definition) is 8. The average Bonchev–Trinajstić information content (AvgIpc) is 3.61. The van der Waals surface area contributed by atoms with Gasteiger partial charge >= 0.3 is 18.2 Å². The van der Waals surface area contributed by atoms with Gasteiger partial charge in [0.2, 0.25) is 11.8 Å². The molecule has 2 atom stereocenters. The van der Waals surface area contributed by atoms with Crippen molar-refractivity contribution in [2.75, 3.05) is 23.7 Å². The lowest BCUT2D eigenvalue weighted by molar-refractivity contribution is -0.119. The Kier molecular flexibility index (Phi) is 14.8. The topological polar surface area (TPSA) is 299 Å². The number of benzene rings is 5. The van der Waals surface area contributed by atoms with Crippen molar-refractivity contribution in [1.82, 2.24) is 10.6 Å². The van der Waals surface area contributed by atoms with Crippen LogP contribution in [0.3, 0.4) is 0 Å². The van der Waals surface area contributed by atoms with E-state index in [1.165, 1.54) is 0 Å². The van der Waals surface area contributed by atoms with Gasteiger partial charge in [0.05, 0.1) is 5.56 Å². The highest BCUT2D eigenvalue weighted by Gasteiger charge is 2.53. The van der Waals surface area contributed by atoms with E-state index in [-0.39, 0.29) is 73.9 Å². The normalized spacial score (nSPS) is 14.8. The van der Waals surface area contributed by atoms with Crippen molar-refractivity contribution < 1.29 is 42.9 Å². The van der Waals surface area contributed by atoms with E-state index in [2.05, 4.69) is 31.3 Å². The molecule has 0 aliphatic carbocycles. The molecule has 0 saturated carbocycles. The number of rotatable bonds is 18. The van der Waals surface area contributed by atoms with Crippen molar-refractivity contribution >= 4 is 53.3 Å². The van der Waals surface area contributed by atoms with Gasteiger partial charge < -0.3 is 63.1 Å². The fourth-order valence-corrected chi connectivity index (χ4v) is 7.65. The second-order valence-corrected chi connectivity index (χ2v) is 15.5. The van der Waals surface area contributed by atoms with E-state index in [1.807, 2.05) is 36.4 Å². The van der Waals surface area contributed by atoms with Crippen LogP contribution in [0.15, 0.2) is 131 Å². The molecule has 4 amide bonds. The second kappa shape index (κ2) is 21.4. The highest BCUT2D eigenvalue weighted by Crippen LogP contribution is 2.56. The Bertz CT molecular complexity index is 2520. The minimum Gasteiger partial charge on any atom is -0.456 e. The van der Waals surface area contributed by atoms with Crippen LogP contribution >= 0.6 is 0 Å². The Balaban J connectivity index is 1.13. The molecule has 2 heterocycles. The number of amides is 4. The molecule has 5 aromatic rings. The third-order valence-electron chi connectivity index (χ3n) is 10.8. The molecule has 12 N–H and O–H groups in total. The Morgan fingerprint density at radius 3 is 1.49 bits per heavy atom. The van der Waals surface area contributed by atoms with Crippen molar-refractivity contribution in [3.63, 3.8) is 0 Å². The number of fused-ring (bicyclic) bond motifs is 6. The number of alkyl carbamates (subject to hydrolysis) is 2. The maximum absolute atomic E-state index is 13.9. The van der Waals surface area contributed by atoms with E-state index in [4.69, 9.17) is 41.9 Å². The molecule has 7 rings (SSSR count). The first-order valence-corrected chi connectivity index (χ1v) is 21.4. The van der Waals surface area contributed by atoms with Crippen LogP contribution in [0.1, 0.15) is 63.9 Å². The molecular formula is C48H50N10O9. The van der Waals surface area contributed by atoms with Crippen LogP contribution in [-0.2, 0) is 42.6 Å². The molecule has 2 aliphatic rings. The van der Waals surface area contributed by atoms with Crippen LogP contribution in [0.2, 0.25) is 0 Å². The lowest BCUT2D eigenvalue weighted by Gasteiger charge is -2.37. The number of nitrogens with two attached hydrogens (primary N) is 4. The molecule has 1 spiro atoms. The van der Waals surface area contributed by atoms with Gasteiger partial charge in [-0.05, 0) is 67.1 Å². The summed E-state index contributed by atoms with van der Waals surface area (Å²) in [6, 6.07) is 32.8. The molecular weight excluding hydrogens is 861 g/mol. The lowest BCUT2D eigenvalue weighted by Crippen LogP contribution is -2.44. The summed E-state index contributed by atoms with van der Waals surface area (Å²) in [5.74, 6) is -1.48. The molecule has 19 nitrogen and oxygen atoms in total. The van der Waals surface area contributed by atoms with Crippen molar-refractivity contribution in [2.45, 2.75) is 56.6 Å². The molecule has 2 unspecified atom stereocenters. The van der Waals surface area contributed by atoms with Crippen LogP contribution in [-0.4, -0.2) is 67.1 Å². The number of carbonyl (C=O) groups excluding carboxylic acids is 5. The summed E-state index contributed by atoms with van der Waals surface area (Å²) in [5, 5.41) is 11.0. The largest absolute Gasteiger partial charge is 0.456 e. The zero-order chi connectivity index (χ0) is 47.3. The van der Waals surface area contributed by atoms with Gasteiger partial charge in [0, 0.05) is 53.3 Å². The molecule has 5 aromatic carbocycles. The fraction of sp³-hybridized carbons (Fsp3) is 0.229. The Hall–Kier alpha value is -8.61. The maximum Gasteiger partial charge on any atom is 0.408 e. The Morgan fingerprint density at radius 1 is 0.582 bits per heavy atom. The predicted octanol–water partition coefficient (Wildman–Crippen LogP) is 4.83. The van der Waals surface area contributed by atoms with Crippen LogP contribution in [0, 0.1) is 0 Å². The van der Waals surface area contributed by atoms with Crippen LogP contribution in [0.25, 0.3) is 0 Å². The summed E-state index contributed by atoms with van der Waals surface area (Å²) in [5.41, 5.74) is 24.4. The van der Waals surface area contributed by atoms with Gasteiger partial charge in [-0.2, -0.15) is 0 Å².